The van der Waals surface area contributed by atoms with Gasteiger partial charge in [0.05, 0.1) is 28.0 Å². The van der Waals surface area contributed by atoms with E-state index >= 15 is 0 Å². The Kier molecular flexibility index (Phi) is 6.74. The molecule has 3 aromatic carbocycles. The van der Waals surface area contributed by atoms with Gasteiger partial charge in [0, 0.05) is 10.4 Å². The van der Waals surface area contributed by atoms with Gasteiger partial charge in [-0.2, -0.15) is 0 Å². The maximum Gasteiger partial charge on any atom is 0.178 e. The highest BCUT2D eigenvalue weighted by molar-refractivity contribution is 7.91. The van der Waals surface area contributed by atoms with Crippen LogP contribution in [0.2, 0.25) is 5.02 Å². The second-order valence-corrected chi connectivity index (χ2v) is 9.98. The van der Waals surface area contributed by atoms with Gasteiger partial charge in [-0.15, -0.1) is 0 Å². The Bertz CT molecular complexity index is 1320. The van der Waals surface area contributed by atoms with Crippen LogP contribution in [0, 0.1) is 0 Å². The summed E-state index contributed by atoms with van der Waals surface area (Å²) in [6.07, 6.45) is -0.861. The zero-order valence-corrected chi connectivity index (χ0v) is 18.8. The molecule has 0 spiro atoms. The number of hydrogen-bond acceptors (Lipinski definition) is 5. The molecular weight excluding hydrogens is 446 g/mol. The van der Waals surface area contributed by atoms with Gasteiger partial charge in [0.2, 0.25) is 0 Å². The lowest BCUT2D eigenvalue weighted by atomic mass is 10.1. The lowest BCUT2D eigenvalue weighted by Crippen LogP contribution is -2.11. The molecule has 0 saturated carbocycles. The molecule has 1 unspecified atom stereocenters. The fraction of sp³-hybridized carbons (Fsp3) is 0.160. The number of halogens is 1. The molecule has 0 fully saturated rings. The predicted molar refractivity (Wildman–Crippen MR) is 126 cm³/mol. The number of nitrogens with zero attached hydrogens (tertiary/aromatic N) is 1. The first-order valence-corrected chi connectivity index (χ1v) is 12.2. The van der Waals surface area contributed by atoms with Gasteiger partial charge in [-0.1, -0.05) is 48.0 Å². The first-order valence-electron chi connectivity index (χ1n) is 10.1. The van der Waals surface area contributed by atoms with Crippen LogP contribution in [0.15, 0.2) is 89.8 Å². The smallest absolute Gasteiger partial charge is 0.178 e. The van der Waals surface area contributed by atoms with E-state index in [4.69, 9.17) is 16.3 Å². The Morgan fingerprint density at radius 3 is 2.53 bits per heavy atom. The molecule has 1 aromatic heterocycles. The summed E-state index contributed by atoms with van der Waals surface area (Å²) in [6, 6.07) is 24.9. The van der Waals surface area contributed by atoms with E-state index in [-0.39, 0.29) is 23.7 Å². The molecule has 0 saturated heterocycles. The van der Waals surface area contributed by atoms with Crippen molar-refractivity contribution in [2.45, 2.75) is 24.0 Å². The Morgan fingerprint density at radius 2 is 1.72 bits per heavy atom. The van der Waals surface area contributed by atoms with E-state index in [0.29, 0.717) is 16.3 Å². The van der Waals surface area contributed by atoms with Crippen LogP contribution >= 0.6 is 11.6 Å². The molecule has 4 rings (SSSR count). The van der Waals surface area contributed by atoms with E-state index in [1.165, 1.54) is 24.3 Å². The van der Waals surface area contributed by atoms with Gasteiger partial charge >= 0.3 is 0 Å². The van der Waals surface area contributed by atoms with Crippen LogP contribution in [0.25, 0.3) is 10.9 Å². The number of para-hydroxylation sites is 1. The third-order valence-electron chi connectivity index (χ3n) is 5.12. The minimum atomic E-state index is -3.51. The van der Waals surface area contributed by atoms with Crippen molar-refractivity contribution < 1.29 is 18.3 Å². The number of ether oxygens (including phenoxy) is 1. The van der Waals surface area contributed by atoms with Gasteiger partial charge in [0.1, 0.15) is 12.4 Å². The molecule has 164 valence electrons. The SMILES string of the molecule is O=S(=O)(CCC(O)c1cccc(OCc2ccc3ccccc3n2)c1)c1ccc(Cl)cc1. The molecule has 32 heavy (non-hydrogen) atoms. The van der Waals surface area contributed by atoms with Crippen LogP contribution in [-0.2, 0) is 16.4 Å². The largest absolute Gasteiger partial charge is 0.487 e. The van der Waals surface area contributed by atoms with Crippen molar-refractivity contribution in [2.75, 3.05) is 5.75 Å². The van der Waals surface area contributed by atoms with Gasteiger partial charge in [0.25, 0.3) is 0 Å². The topological polar surface area (TPSA) is 76.5 Å². The Hall–Kier alpha value is -2.93. The Labute approximate surface area is 192 Å². The fourth-order valence-electron chi connectivity index (χ4n) is 3.35. The average molecular weight is 468 g/mol. The Morgan fingerprint density at radius 1 is 0.938 bits per heavy atom. The summed E-state index contributed by atoms with van der Waals surface area (Å²) in [4.78, 5) is 4.78. The molecule has 0 aliphatic carbocycles. The van der Waals surface area contributed by atoms with E-state index < -0.39 is 15.9 Å². The summed E-state index contributed by atoms with van der Waals surface area (Å²) in [5.41, 5.74) is 2.30. The minimum Gasteiger partial charge on any atom is -0.487 e. The van der Waals surface area contributed by atoms with Crippen molar-refractivity contribution in [2.24, 2.45) is 0 Å². The number of pyridine rings is 1. The molecule has 0 radical (unpaired) electrons. The number of aliphatic hydroxyl groups is 1. The third-order valence-corrected chi connectivity index (χ3v) is 7.13. The average Bonchev–Trinajstić information content (AvgIpc) is 2.81. The summed E-state index contributed by atoms with van der Waals surface area (Å²) in [7, 11) is -3.51. The molecule has 0 aliphatic heterocycles. The van der Waals surface area contributed by atoms with Crippen LogP contribution < -0.4 is 4.74 Å². The quantitative estimate of drug-likeness (QED) is 0.377. The van der Waals surface area contributed by atoms with E-state index in [2.05, 4.69) is 4.98 Å². The highest BCUT2D eigenvalue weighted by Crippen LogP contribution is 2.25. The van der Waals surface area contributed by atoms with Crippen molar-refractivity contribution in [3.05, 3.63) is 101 Å². The van der Waals surface area contributed by atoms with Crippen molar-refractivity contribution in [1.82, 2.24) is 4.98 Å². The first-order chi connectivity index (χ1) is 15.4. The van der Waals surface area contributed by atoms with Gasteiger partial charge in [-0.05, 0) is 60.5 Å². The molecule has 0 bridgehead atoms. The molecule has 4 aromatic rings. The second-order valence-electron chi connectivity index (χ2n) is 7.43. The number of sulfone groups is 1. The molecule has 0 aliphatic rings. The number of fused-ring (bicyclic) bond motifs is 1. The number of hydrogen-bond donors (Lipinski definition) is 1. The van der Waals surface area contributed by atoms with Gasteiger partial charge in [-0.3, -0.25) is 0 Å². The first kappa shape index (κ1) is 22.3. The van der Waals surface area contributed by atoms with E-state index in [0.717, 1.165) is 16.6 Å². The summed E-state index contributed by atoms with van der Waals surface area (Å²) in [6.45, 7) is 0.287. The number of benzene rings is 3. The number of rotatable bonds is 8. The predicted octanol–water partition coefficient (Wildman–Crippen LogP) is 5.36. The van der Waals surface area contributed by atoms with E-state index in [9.17, 15) is 13.5 Å². The van der Waals surface area contributed by atoms with Crippen LogP contribution in [-0.4, -0.2) is 24.3 Å². The van der Waals surface area contributed by atoms with Crippen molar-refractivity contribution >= 4 is 32.3 Å². The number of aromatic nitrogens is 1. The highest BCUT2D eigenvalue weighted by Gasteiger charge is 2.18. The molecular formula is C25H22ClNO4S. The molecule has 0 amide bonds. The monoisotopic (exact) mass is 467 g/mol. The van der Waals surface area contributed by atoms with Crippen LogP contribution in [0.1, 0.15) is 23.8 Å². The molecule has 1 N–H and O–H groups in total. The van der Waals surface area contributed by atoms with Crippen LogP contribution in [0.5, 0.6) is 5.75 Å². The van der Waals surface area contributed by atoms with E-state index in [1.54, 1.807) is 24.3 Å². The third kappa shape index (κ3) is 5.46. The zero-order chi connectivity index (χ0) is 22.6. The maximum atomic E-state index is 12.5. The molecule has 7 heteroatoms. The standard InChI is InChI=1S/C25H22ClNO4S/c26-20-9-12-23(13-10-20)32(29,30)15-14-25(28)19-5-3-6-22(16-19)31-17-21-11-8-18-4-1-2-7-24(18)27-21/h1-13,16,25,28H,14-15,17H2. The second kappa shape index (κ2) is 9.69. The number of aliphatic hydroxyl groups excluding tert-OH is 1. The summed E-state index contributed by atoms with van der Waals surface area (Å²) in [5.74, 6) is 0.402. The van der Waals surface area contributed by atoms with Crippen LogP contribution in [0.3, 0.4) is 0 Å². The van der Waals surface area contributed by atoms with Gasteiger partial charge in [-0.25, -0.2) is 13.4 Å². The summed E-state index contributed by atoms with van der Waals surface area (Å²) in [5, 5.41) is 12.1. The van der Waals surface area contributed by atoms with Crippen molar-refractivity contribution in [3.8, 4) is 5.75 Å². The molecule has 5 nitrogen and oxygen atoms in total. The summed E-state index contributed by atoms with van der Waals surface area (Å²) < 4.78 is 30.9. The highest BCUT2D eigenvalue weighted by atomic mass is 35.5. The lowest BCUT2D eigenvalue weighted by Gasteiger charge is -2.13. The molecule has 1 atom stereocenters. The normalized spacial score (nSPS) is 12.6. The van der Waals surface area contributed by atoms with Gasteiger partial charge in [0.15, 0.2) is 9.84 Å². The van der Waals surface area contributed by atoms with Crippen LogP contribution in [0.4, 0.5) is 0 Å². The minimum absolute atomic E-state index is 0.0701. The van der Waals surface area contributed by atoms with Crippen molar-refractivity contribution in [1.29, 1.82) is 0 Å². The summed E-state index contributed by atoms with van der Waals surface area (Å²) >= 11 is 5.82. The fourth-order valence-corrected chi connectivity index (χ4v) is 4.80. The van der Waals surface area contributed by atoms with Gasteiger partial charge < -0.3 is 9.84 Å². The van der Waals surface area contributed by atoms with E-state index in [1.807, 2.05) is 36.4 Å². The lowest BCUT2D eigenvalue weighted by molar-refractivity contribution is 0.173. The maximum absolute atomic E-state index is 12.5. The molecule has 1 heterocycles. The zero-order valence-electron chi connectivity index (χ0n) is 17.2. The Balaban J connectivity index is 1.38. The van der Waals surface area contributed by atoms with Crippen molar-refractivity contribution in [3.63, 3.8) is 0 Å².